The van der Waals surface area contributed by atoms with Crippen LogP contribution < -0.4 is 10.5 Å². The topological polar surface area (TPSA) is 35.2 Å². The normalized spacial score (nSPS) is 12.4. The summed E-state index contributed by atoms with van der Waals surface area (Å²) in [6, 6.07) is 5.94. The Bertz CT molecular complexity index is 502. The van der Waals surface area contributed by atoms with Crippen molar-refractivity contribution in [3.63, 3.8) is 0 Å². The first-order chi connectivity index (χ1) is 8.61. The van der Waals surface area contributed by atoms with Crippen molar-refractivity contribution in [1.29, 1.82) is 0 Å². The van der Waals surface area contributed by atoms with E-state index >= 15 is 0 Å². The van der Waals surface area contributed by atoms with E-state index in [0.29, 0.717) is 6.54 Å². The molecule has 2 nitrogen and oxygen atoms in total. The summed E-state index contributed by atoms with van der Waals surface area (Å²) in [5, 5.41) is 4.88. The predicted octanol–water partition coefficient (Wildman–Crippen LogP) is 4.10. The van der Waals surface area contributed by atoms with Gasteiger partial charge in [-0.15, -0.1) is 0 Å². The average Bonchev–Trinajstić information content (AvgIpc) is 2.86. The molecule has 0 bridgehead atoms. The van der Waals surface area contributed by atoms with E-state index in [0.717, 1.165) is 27.5 Å². The zero-order valence-electron chi connectivity index (χ0n) is 10.4. The van der Waals surface area contributed by atoms with Gasteiger partial charge in [-0.25, -0.2) is 0 Å². The third-order valence-corrected chi connectivity index (χ3v) is 4.11. The van der Waals surface area contributed by atoms with Gasteiger partial charge in [0.25, 0.3) is 0 Å². The number of halogens is 1. The minimum Gasteiger partial charge on any atom is -0.484 e. The summed E-state index contributed by atoms with van der Waals surface area (Å²) in [4.78, 5) is 0. The quantitative estimate of drug-likeness (QED) is 0.916. The number of benzene rings is 1. The highest BCUT2D eigenvalue weighted by Gasteiger charge is 2.13. The van der Waals surface area contributed by atoms with Crippen molar-refractivity contribution >= 4 is 22.9 Å². The molecule has 0 radical (unpaired) electrons. The molecule has 0 saturated heterocycles. The Morgan fingerprint density at radius 1 is 1.33 bits per heavy atom. The molecule has 1 heterocycles. The van der Waals surface area contributed by atoms with E-state index in [9.17, 15) is 0 Å². The van der Waals surface area contributed by atoms with Crippen molar-refractivity contribution in [2.45, 2.75) is 20.0 Å². The van der Waals surface area contributed by atoms with Crippen molar-refractivity contribution in [2.24, 2.45) is 5.73 Å². The lowest BCUT2D eigenvalue weighted by atomic mass is 10.1. The molecule has 0 aliphatic carbocycles. The van der Waals surface area contributed by atoms with Gasteiger partial charge in [0.15, 0.2) is 0 Å². The van der Waals surface area contributed by atoms with Crippen LogP contribution in [0.1, 0.15) is 22.8 Å². The van der Waals surface area contributed by atoms with E-state index < -0.39 is 0 Å². The first-order valence-electron chi connectivity index (χ1n) is 5.77. The van der Waals surface area contributed by atoms with Gasteiger partial charge in [-0.05, 0) is 53.9 Å². The van der Waals surface area contributed by atoms with Crippen LogP contribution in [0.3, 0.4) is 0 Å². The third-order valence-electron chi connectivity index (χ3n) is 2.82. The number of hydrogen-bond acceptors (Lipinski definition) is 3. The van der Waals surface area contributed by atoms with E-state index in [4.69, 9.17) is 22.1 Å². The van der Waals surface area contributed by atoms with Gasteiger partial charge in [0.05, 0.1) is 0 Å². The number of nitrogens with two attached hydrogens (primary N) is 1. The van der Waals surface area contributed by atoms with Crippen molar-refractivity contribution < 1.29 is 4.74 Å². The zero-order chi connectivity index (χ0) is 13.1. The van der Waals surface area contributed by atoms with Gasteiger partial charge < -0.3 is 10.5 Å². The van der Waals surface area contributed by atoms with E-state index in [-0.39, 0.29) is 6.10 Å². The molecule has 0 fully saturated rings. The molecule has 96 valence electrons. The molecule has 2 aromatic rings. The van der Waals surface area contributed by atoms with E-state index in [1.165, 1.54) is 0 Å². The van der Waals surface area contributed by atoms with Crippen molar-refractivity contribution in [1.82, 2.24) is 0 Å². The van der Waals surface area contributed by atoms with Gasteiger partial charge in [-0.3, -0.25) is 0 Å². The van der Waals surface area contributed by atoms with Crippen molar-refractivity contribution in [3.8, 4) is 5.75 Å². The maximum atomic E-state index is 6.14. The first kappa shape index (κ1) is 13.4. The van der Waals surface area contributed by atoms with Gasteiger partial charge in [-0.1, -0.05) is 11.6 Å². The zero-order valence-corrected chi connectivity index (χ0v) is 12.0. The lowest BCUT2D eigenvalue weighted by Gasteiger charge is -2.17. The largest absolute Gasteiger partial charge is 0.484 e. The molecule has 1 unspecified atom stereocenters. The highest BCUT2D eigenvalue weighted by molar-refractivity contribution is 7.07. The van der Waals surface area contributed by atoms with Gasteiger partial charge in [0.1, 0.15) is 11.9 Å². The molecule has 0 aliphatic rings. The Kier molecular flexibility index (Phi) is 4.27. The molecular weight excluding hydrogens is 266 g/mol. The number of ether oxygens (including phenoxy) is 1. The Hall–Kier alpha value is -1.03. The van der Waals surface area contributed by atoms with Gasteiger partial charge in [-0.2, -0.15) is 11.3 Å². The van der Waals surface area contributed by atoms with Crippen LogP contribution in [0.4, 0.5) is 0 Å². The second kappa shape index (κ2) is 5.74. The third kappa shape index (κ3) is 2.86. The fraction of sp³-hybridized carbons (Fsp3) is 0.286. The Morgan fingerprint density at radius 2 is 2.00 bits per heavy atom. The van der Waals surface area contributed by atoms with Crippen molar-refractivity contribution in [2.75, 3.05) is 6.54 Å². The fourth-order valence-electron chi connectivity index (χ4n) is 1.85. The summed E-state index contributed by atoms with van der Waals surface area (Å²) >= 11 is 7.79. The Morgan fingerprint density at radius 3 is 2.50 bits per heavy atom. The van der Waals surface area contributed by atoms with Crippen LogP contribution in [-0.2, 0) is 0 Å². The van der Waals surface area contributed by atoms with Gasteiger partial charge >= 0.3 is 0 Å². The van der Waals surface area contributed by atoms with Gasteiger partial charge in [0.2, 0.25) is 0 Å². The summed E-state index contributed by atoms with van der Waals surface area (Å²) in [5.74, 6) is 0.816. The fourth-order valence-corrected chi connectivity index (χ4v) is 2.66. The average molecular weight is 282 g/mol. The number of aryl methyl sites for hydroxylation is 2. The Labute approximate surface area is 116 Å². The number of thiophene rings is 1. The SMILES string of the molecule is Cc1cc(OC(CN)c2ccsc2)cc(C)c1Cl. The number of hydrogen-bond donors (Lipinski definition) is 1. The smallest absolute Gasteiger partial charge is 0.137 e. The van der Waals surface area contributed by atoms with Crippen molar-refractivity contribution in [3.05, 3.63) is 50.7 Å². The van der Waals surface area contributed by atoms with Crippen LogP contribution in [-0.4, -0.2) is 6.54 Å². The molecule has 1 aromatic heterocycles. The van der Waals surface area contributed by atoms with Crippen LogP contribution >= 0.6 is 22.9 Å². The van der Waals surface area contributed by atoms with Gasteiger partial charge in [0, 0.05) is 17.1 Å². The number of rotatable bonds is 4. The van der Waals surface area contributed by atoms with Crippen LogP contribution in [0.25, 0.3) is 0 Å². The summed E-state index contributed by atoms with van der Waals surface area (Å²) < 4.78 is 5.95. The predicted molar refractivity (Wildman–Crippen MR) is 77.7 cm³/mol. The maximum absolute atomic E-state index is 6.14. The molecule has 0 aliphatic heterocycles. The second-order valence-electron chi connectivity index (χ2n) is 4.27. The summed E-state index contributed by atoms with van der Waals surface area (Å²) in [6.07, 6.45) is -0.101. The molecule has 1 atom stereocenters. The van der Waals surface area contributed by atoms with E-state index in [1.807, 2.05) is 37.4 Å². The lowest BCUT2D eigenvalue weighted by Crippen LogP contribution is -2.17. The summed E-state index contributed by atoms with van der Waals surface area (Å²) in [5.41, 5.74) is 8.93. The molecule has 1 aromatic carbocycles. The van der Waals surface area contributed by atoms with Crippen LogP contribution in [0, 0.1) is 13.8 Å². The van der Waals surface area contributed by atoms with E-state index in [1.54, 1.807) is 11.3 Å². The Balaban J connectivity index is 2.23. The molecule has 0 saturated carbocycles. The maximum Gasteiger partial charge on any atom is 0.137 e. The summed E-state index contributed by atoms with van der Waals surface area (Å²) in [6.45, 7) is 4.41. The molecule has 2 rings (SSSR count). The van der Waals surface area contributed by atoms with Crippen LogP contribution in [0.5, 0.6) is 5.75 Å². The van der Waals surface area contributed by atoms with E-state index in [2.05, 4.69) is 5.38 Å². The van der Waals surface area contributed by atoms with Crippen LogP contribution in [0.15, 0.2) is 29.0 Å². The van der Waals surface area contributed by atoms with Crippen LogP contribution in [0.2, 0.25) is 5.02 Å². The molecule has 4 heteroatoms. The first-order valence-corrected chi connectivity index (χ1v) is 7.09. The molecule has 0 amide bonds. The molecule has 18 heavy (non-hydrogen) atoms. The minimum absolute atomic E-state index is 0.101. The standard InChI is InChI=1S/C14H16ClNOS/c1-9-5-12(6-10(2)14(9)15)17-13(7-16)11-3-4-18-8-11/h3-6,8,13H,7,16H2,1-2H3. The lowest BCUT2D eigenvalue weighted by molar-refractivity contribution is 0.214. The molecule has 0 spiro atoms. The molecule has 2 N–H and O–H groups in total. The highest BCUT2D eigenvalue weighted by Crippen LogP contribution is 2.29. The highest BCUT2D eigenvalue weighted by atomic mass is 35.5. The summed E-state index contributed by atoms with van der Waals surface area (Å²) in [7, 11) is 0. The monoisotopic (exact) mass is 281 g/mol. The molecular formula is C14H16ClNOS. The second-order valence-corrected chi connectivity index (χ2v) is 5.43. The minimum atomic E-state index is -0.101.